The number of carbonyl (C=O) groups excluding carboxylic acids is 1. The molecule has 0 aliphatic carbocycles. The van der Waals surface area contributed by atoms with Crippen LogP contribution in [0.3, 0.4) is 0 Å². The van der Waals surface area contributed by atoms with Crippen molar-refractivity contribution in [3.05, 3.63) is 76.6 Å². The van der Waals surface area contributed by atoms with Crippen LogP contribution in [0.25, 0.3) is 11.4 Å². The third-order valence-electron chi connectivity index (χ3n) is 5.49. The van der Waals surface area contributed by atoms with E-state index in [2.05, 4.69) is 9.97 Å². The third-order valence-corrected chi connectivity index (χ3v) is 5.74. The van der Waals surface area contributed by atoms with Crippen LogP contribution in [0.4, 0.5) is 0 Å². The van der Waals surface area contributed by atoms with E-state index in [9.17, 15) is 9.59 Å². The van der Waals surface area contributed by atoms with Gasteiger partial charge in [-0.3, -0.25) is 9.59 Å². The highest BCUT2D eigenvalue weighted by molar-refractivity contribution is 6.30. The zero-order valence-electron chi connectivity index (χ0n) is 18.2. The molecular formula is C25H24ClN3O4. The topological polar surface area (TPSA) is 92.6 Å². The number of aliphatic carboxylic acids is 1. The molecule has 4 rings (SSSR count). The highest BCUT2D eigenvalue weighted by Gasteiger charge is 2.27. The molecule has 1 atom stereocenters. The van der Waals surface area contributed by atoms with E-state index < -0.39 is 5.97 Å². The van der Waals surface area contributed by atoms with Crippen molar-refractivity contribution in [2.75, 3.05) is 13.1 Å². The van der Waals surface area contributed by atoms with Gasteiger partial charge in [-0.25, -0.2) is 9.97 Å². The number of rotatable bonds is 8. The summed E-state index contributed by atoms with van der Waals surface area (Å²) in [6.45, 7) is 3.20. The molecule has 2 heterocycles. The molecule has 3 aromatic rings. The molecule has 2 aromatic carbocycles. The van der Waals surface area contributed by atoms with Gasteiger partial charge in [-0.2, -0.15) is 0 Å². The van der Waals surface area contributed by atoms with Gasteiger partial charge in [0, 0.05) is 42.7 Å². The largest absolute Gasteiger partial charge is 0.489 e. The molecule has 1 aliphatic heterocycles. The van der Waals surface area contributed by atoms with Crippen LogP contribution >= 0.6 is 11.6 Å². The average molecular weight is 466 g/mol. The molecule has 0 bridgehead atoms. The van der Waals surface area contributed by atoms with E-state index in [1.54, 1.807) is 11.1 Å². The normalized spacial score (nSPS) is 14.0. The van der Waals surface area contributed by atoms with Crippen molar-refractivity contribution in [3.8, 4) is 17.1 Å². The highest BCUT2D eigenvalue weighted by Crippen LogP contribution is 2.24. The first kappa shape index (κ1) is 22.7. The monoisotopic (exact) mass is 465 g/mol. The van der Waals surface area contributed by atoms with Gasteiger partial charge >= 0.3 is 5.97 Å². The minimum absolute atomic E-state index is 0.0332. The number of benzene rings is 2. The predicted molar refractivity (Wildman–Crippen MR) is 124 cm³/mol. The van der Waals surface area contributed by atoms with Gasteiger partial charge in [0.15, 0.2) is 5.82 Å². The van der Waals surface area contributed by atoms with Gasteiger partial charge in [0.25, 0.3) is 5.91 Å². The maximum Gasteiger partial charge on any atom is 0.303 e. The number of carboxylic acid groups (broad SMARTS) is 1. The summed E-state index contributed by atoms with van der Waals surface area (Å²) in [5, 5.41) is 9.64. The number of hydrogen-bond acceptors (Lipinski definition) is 5. The highest BCUT2D eigenvalue weighted by atomic mass is 35.5. The quantitative estimate of drug-likeness (QED) is 0.527. The number of aromatic nitrogens is 2. The smallest absolute Gasteiger partial charge is 0.303 e. The molecule has 1 N–H and O–H groups in total. The molecular weight excluding hydrogens is 442 g/mol. The molecule has 1 amide bonds. The fourth-order valence-electron chi connectivity index (χ4n) is 3.80. The molecule has 0 spiro atoms. The van der Waals surface area contributed by atoms with Gasteiger partial charge in [0.1, 0.15) is 12.4 Å². The second-order valence-electron chi connectivity index (χ2n) is 8.20. The standard InChI is InChI=1S/C25H24ClN3O4/c1-16(12-23(30)31)14-29-11-10-22-21(25(29)32)13-27-24(28-22)18-4-8-20(9-5-18)33-15-17-2-6-19(26)7-3-17/h2-9,13,16H,10-12,14-15H2,1H3,(H,30,31)/t16-/m0/s1. The summed E-state index contributed by atoms with van der Waals surface area (Å²) in [4.78, 5) is 34.4. The molecule has 7 nitrogen and oxygen atoms in total. The lowest BCUT2D eigenvalue weighted by atomic mass is 10.0. The van der Waals surface area contributed by atoms with Gasteiger partial charge in [0.05, 0.1) is 11.3 Å². The number of amides is 1. The molecule has 0 fully saturated rings. The van der Waals surface area contributed by atoms with Gasteiger partial charge < -0.3 is 14.7 Å². The van der Waals surface area contributed by atoms with E-state index in [1.165, 1.54) is 0 Å². The minimum Gasteiger partial charge on any atom is -0.489 e. The zero-order valence-corrected chi connectivity index (χ0v) is 19.0. The predicted octanol–water partition coefficient (Wildman–Crippen LogP) is 4.49. The maximum atomic E-state index is 12.8. The van der Waals surface area contributed by atoms with E-state index in [1.807, 2.05) is 55.5 Å². The Kier molecular flexibility index (Phi) is 6.89. The van der Waals surface area contributed by atoms with Crippen LogP contribution in [-0.2, 0) is 17.8 Å². The number of hydrogen-bond donors (Lipinski definition) is 1. The summed E-state index contributed by atoms with van der Waals surface area (Å²) in [6, 6.07) is 15.0. The van der Waals surface area contributed by atoms with E-state index in [0.29, 0.717) is 42.5 Å². The van der Waals surface area contributed by atoms with Crippen LogP contribution in [0.1, 0.15) is 35.0 Å². The number of halogens is 1. The van der Waals surface area contributed by atoms with Gasteiger partial charge in [-0.05, 0) is 47.9 Å². The Hall–Kier alpha value is -3.45. The summed E-state index contributed by atoms with van der Waals surface area (Å²) < 4.78 is 5.82. The lowest BCUT2D eigenvalue weighted by molar-refractivity contribution is -0.138. The second kappa shape index (κ2) is 10.0. The van der Waals surface area contributed by atoms with Gasteiger partial charge in [0.2, 0.25) is 0 Å². The fourth-order valence-corrected chi connectivity index (χ4v) is 3.92. The van der Waals surface area contributed by atoms with Crippen molar-refractivity contribution in [1.29, 1.82) is 0 Å². The van der Waals surface area contributed by atoms with Crippen LogP contribution in [0.2, 0.25) is 5.02 Å². The number of fused-ring (bicyclic) bond motifs is 1. The Labute approximate surface area is 197 Å². The van der Waals surface area contributed by atoms with E-state index >= 15 is 0 Å². The Bertz CT molecular complexity index is 1150. The number of ether oxygens (including phenoxy) is 1. The summed E-state index contributed by atoms with van der Waals surface area (Å²) in [6.07, 6.45) is 2.21. The van der Waals surface area contributed by atoms with Gasteiger partial charge in [-0.15, -0.1) is 0 Å². The van der Waals surface area contributed by atoms with E-state index in [4.69, 9.17) is 21.4 Å². The molecule has 0 unspecified atom stereocenters. The van der Waals surface area contributed by atoms with Crippen LogP contribution in [-0.4, -0.2) is 44.9 Å². The lowest BCUT2D eigenvalue weighted by Crippen LogP contribution is -2.41. The van der Waals surface area contributed by atoms with Gasteiger partial charge in [-0.1, -0.05) is 30.7 Å². The van der Waals surface area contributed by atoms with Crippen LogP contribution < -0.4 is 4.74 Å². The number of nitrogens with zero attached hydrogens (tertiary/aromatic N) is 3. The Morgan fingerprint density at radius 3 is 2.61 bits per heavy atom. The SMILES string of the molecule is C[C@@H](CC(=O)O)CN1CCc2nc(-c3ccc(OCc4ccc(Cl)cc4)cc3)ncc2C1=O. The summed E-state index contributed by atoms with van der Waals surface area (Å²) in [5.74, 6) is 0.160. The molecule has 8 heteroatoms. The van der Waals surface area contributed by atoms with E-state index in [0.717, 1.165) is 22.6 Å². The maximum absolute atomic E-state index is 12.8. The summed E-state index contributed by atoms with van der Waals surface area (Å²) >= 11 is 5.91. The molecule has 0 radical (unpaired) electrons. The Morgan fingerprint density at radius 1 is 1.18 bits per heavy atom. The number of carbonyl (C=O) groups is 2. The average Bonchev–Trinajstić information content (AvgIpc) is 2.80. The first-order chi connectivity index (χ1) is 15.9. The first-order valence-corrected chi connectivity index (χ1v) is 11.1. The molecule has 1 aromatic heterocycles. The van der Waals surface area contributed by atoms with Crippen molar-refractivity contribution in [1.82, 2.24) is 14.9 Å². The molecule has 170 valence electrons. The fraction of sp³-hybridized carbons (Fsp3) is 0.280. The van der Waals surface area contributed by atoms with Crippen LogP contribution in [0.5, 0.6) is 5.75 Å². The zero-order chi connectivity index (χ0) is 23.4. The lowest BCUT2D eigenvalue weighted by Gasteiger charge is -2.29. The molecule has 33 heavy (non-hydrogen) atoms. The Morgan fingerprint density at radius 2 is 1.91 bits per heavy atom. The van der Waals surface area contributed by atoms with Crippen molar-refractivity contribution < 1.29 is 19.4 Å². The minimum atomic E-state index is -0.860. The van der Waals surface area contributed by atoms with Crippen molar-refractivity contribution in [2.24, 2.45) is 5.92 Å². The molecule has 0 saturated carbocycles. The number of carboxylic acids is 1. The summed E-state index contributed by atoms with van der Waals surface area (Å²) in [7, 11) is 0. The molecule has 0 saturated heterocycles. The van der Waals surface area contributed by atoms with E-state index in [-0.39, 0.29) is 18.2 Å². The molecule has 1 aliphatic rings. The first-order valence-electron chi connectivity index (χ1n) is 10.7. The van der Waals surface area contributed by atoms with Crippen LogP contribution in [0.15, 0.2) is 54.7 Å². The van der Waals surface area contributed by atoms with Crippen molar-refractivity contribution in [3.63, 3.8) is 0 Å². The second-order valence-corrected chi connectivity index (χ2v) is 8.63. The third kappa shape index (κ3) is 5.68. The van der Waals surface area contributed by atoms with Crippen molar-refractivity contribution >= 4 is 23.5 Å². The summed E-state index contributed by atoms with van der Waals surface area (Å²) in [5.41, 5.74) is 3.06. The van der Waals surface area contributed by atoms with Crippen LogP contribution in [0, 0.1) is 5.92 Å². The Balaban J connectivity index is 1.41. The van der Waals surface area contributed by atoms with Crippen molar-refractivity contribution in [2.45, 2.75) is 26.4 Å².